The van der Waals surface area contributed by atoms with Gasteiger partial charge in [0, 0.05) is 37.2 Å². The Morgan fingerprint density at radius 3 is 2.81 bits per heavy atom. The molecule has 0 aromatic carbocycles. The molecule has 1 aliphatic heterocycles. The van der Waals surface area contributed by atoms with E-state index in [4.69, 9.17) is 9.78 Å². The first-order valence-electron chi connectivity index (χ1n) is 10.3. The smallest absolute Gasteiger partial charge is 0.166 e. The average Bonchev–Trinajstić information content (AvgIpc) is 3.17. The van der Waals surface area contributed by atoms with Crippen LogP contribution >= 0.6 is 0 Å². The quantitative estimate of drug-likeness (QED) is 0.664. The molecule has 1 spiro atoms. The molecule has 2 fully saturated rings. The zero-order chi connectivity index (χ0) is 18.1. The summed E-state index contributed by atoms with van der Waals surface area (Å²) in [6.07, 6.45) is 9.02. The molecule has 1 heterocycles. The number of ketones is 2. The summed E-state index contributed by atoms with van der Waals surface area (Å²) < 4.78 is 0. The van der Waals surface area contributed by atoms with Crippen LogP contribution in [0.5, 0.6) is 0 Å². The van der Waals surface area contributed by atoms with E-state index < -0.39 is 5.60 Å². The van der Waals surface area contributed by atoms with Crippen LogP contribution in [0.15, 0.2) is 22.8 Å². The maximum atomic E-state index is 13.2. The van der Waals surface area contributed by atoms with Gasteiger partial charge in [0.05, 0.1) is 6.61 Å². The van der Waals surface area contributed by atoms with E-state index in [0.717, 1.165) is 36.0 Å². The van der Waals surface area contributed by atoms with E-state index in [9.17, 15) is 9.59 Å². The van der Waals surface area contributed by atoms with Crippen molar-refractivity contribution in [2.75, 3.05) is 6.61 Å². The first kappa shape index (κ1) is 16.9. The minimum atomic E-state index is -0.520. The standard InChI is InChI=1S/C22H28O4/c1-3-14-4-5-16-20-15(6-7-21(14,16)2)19-13(10-17(20)23)11-22(12-18(19)24)8-9-25-26-22/h6,14,16,20H,3-5,7-12H2,1-2H3/t14-,16-,20+,21+,22?/m0/s1. The molecule has 5 rings (SSSR count). The summed E-state index contributed by atoms with van der Waals surface area (Å²) in [5.41, 5.74) is 2.66. The SMILES string of the molecule is CC[C@H]1CC[C@H]2[C@@H]3C(=O)CC4=C(C(=O)CC5(CCOO5)C4)C3=CC[C@]12C. The summed E-state index contributed by atoms with van der Waals surface area (Å²) in [6, 6.07) is 0. The van der Waals surface area contributed by atoms with Gasteiger partial charge in [0.25, 0.3) is 0 Å². The highest BCUT2D eigenvalue weighted by atomic mass is 17.2. The van der Waals surface area contributed by atoms with Gasteiger partial charge in [0.1, 0.15) is 11.4 Å². The third-order valence-electron chi connectivity index (χ3n) is 8.15. The summed E-state index contributed by atoms with van der Waals surface area (Å²) in [4.78, 5) is 36.9. The zero-order valence-electron chi connectivity index (χ0n) is 15.8. The average molecular weight is 356 g/mol. The van der Waals surface area contributed by atoms with Gasteiger partial charge in [-0.15, -0.1) is 0 Å². The molecule has 4 nitrogen and oxygen atoms in total. The van der Waals surface area contributed by atoms with E-state index >= 15 is 0 Å². The predicted octanol–water partition coefficient (Wildman–Crippen LogP) is 4.10. The van der Waals surface area contributed by atoms with Crippen LogP contribution in [0.1, 0.15) is 65.2 Å². The van der Waals surface area contributed by atoms with Crippen LogP contribution in [-0.4, -0.2) is 23.8 Å². The lowest BCUT2D eigenvalue weighted by molar-refractivity contribution is -0.308. The number of hydrogen-bond donors (Lipinski definition) is 0. The number of carbonyl (C=O) groups is 2. The molecule has 0 radical (unpaired) electrons. The predicted molar refractivity (Wildman–Crippen MR) is 96.1 cm³/mol. The molecule has 1 saturated carbocycles. The fourth-order valence-electron chi connectivity index (χ4n) is 6.83. The Kier molecular flexibility index (Phi) is 3.65. The molecular weight excluding hydrogens is 328 g/mol. The third-order valence-corrected chi connectivity index (χ3v) is 8.15. The second-order valence-electron chi connectivity index (χ2n) is 9.37. The molecular formula is C22H28O4. The highest BCUT2D eigenvalue weighted by Crippen LogP contribution is 2.61. The molecule has 0 aromatic rings. The van der Waals surface area contributed by atoms with E-state index in [2.05, 4.69) is 19.9 Å². The van der Waals surface area contributed by atoms with Crippen molar-refractivity contribution in [3.63, 3.8) is 0 Å². The highest BCUT2D eigenvalue weighted by Gasteiger charge is 2.56. The van der Waals surface area contributed by atoms with Gasteiger partial charge in [-0.2, -0.15) is 0 Å². The minimum Gasteiger partial charge on any atom is -0.299 e. The molecule has 1 saturated heterocycles. The Morgan fingerprint density at radius 1 is 1.23 bits per heavy atom. The van der Waals surface area contributed by atoms with E-state index in [1.165, 1.54) is 12.8 Å². The first-order valence-corrected chi connectivity index (χ1v) is 10.3. The van der Waals surface area contributed by atoms with Crippen molar-refractivity contribution in [2.24, 2.45) is 23.2 Å². The molecule has 5 atom stereocenters. The minimum absolute atomic E-state index is 0.0530. The van der Waals surface area contributed by atoms with Crippen LogP contribution in [0.25, 0.3) is 0 Å². The summed E-state index contributed by atoms with van der Waals surface area (Å²) in [7, 11) is 0. The molecule has 4 aliphatic carbocycles. The number of rotatable bonds is 1. The molecule has 1 unspecified atom stereocenters. The second kappa shape index (κ2) is 5.62. The molecule has 4 heteroatoms. The fourth-order valence-corrected chi connectivity index (χ4v) is 6.83. The maximum absolute atomic E-state index is 13.2. The lowest BCUT2D eigenvalue weighted by Crippen LogP contribution is -2.46. The monoisotopic (exact) mass is 356 g/mol. The van der Waals surface area contributed by atoms with E-state index in [1.807, 2.05) is 0 Å². The molecule has 140 valence electrons. The van der Waals surface area contributed by atoms with Crippen LogP contribution in [0.4, 0.5) is 0 Å². The zero-order valence-corrected chi connectivity index (χ0v) is 15.8. The normalized spacial score (nSPS) is 44.8. The molecule has 0 amide bonds. The van der Waals surface area contributed by atoms with E-state index in [-0.39, 0.29) is 17.1 Å². The van der Waals surface area contributed by atoms with Crippen LogP contribution in [0.2, 0.25) is 0 Å². The molecule has 0 aromatic heterocycles. The number of allylic oxidation sites excluding steroid dienone is 3. The van der Waals surface area contributed by atoms with Crippen molar-refractivity contribution in [1.29, 1.82) is 0 Å². The number of hydrogen-bond acceptors (Lipinski definition) is 4. The van der Waals surface area contributed by atoms with Crippen molar-refractivity contribution in [2.45, 2.75) is 70.8 Å². The second-order valence-corrected chi connectivity index (χ2v) is 9.37. The summed E-state index contributed by atoms with van der Waals surface area (Å²) in [6.45, 7) is 5.19. The Balaban J connectivity index is 1.56. The molecule has 5 aliphatic rings. The fraction of sp³-hybridized carbons (Fsp3) is 0.727. The van der Waals surface area contributed by atoms with Gasteiger partial charge in [-0.1, -0.05) is 26.3 Å². The highest BCUT2D eigenvalue weighted by molar-refractivity contribution is 6.07. The van der Waals surface area contributed by atoms with Crippen LogP contribution < -0.4 is 0 Å². The van der Waals surface area contributed by atoms with Crippen LogP contribution in [0, 0.1) is 23.2 Å². The summed E-state index contributed by atoms with van der Waals surface area (Å²) in [5, 5.41) is 0. The lowest BCUT2D eigenvalue weighted by Gasteiger charge is -2.47. The molecule has 0 bridgehead atoms. The van der Waals surface area contributed by atoms with Crippen molar-refractivity contribution < 1.29 is 19.4 Å². The largest absolute Gasteiger partial charge is 0.299 e. The maximum Gasteiger partial charge on any atom is 0.166 e. The Hall–Kier alpha value is -1.26. The van der Waals surface area contributed by atoms with Gasteiger partial charge in [-0.3, -0.25) is 9.59 Å². The van der Waals surface area contributed by atoms with Gasteiger partial charge in [-0.05, 0) is 47.7 Å². The van der Waals surface area contributed by atoms with Gasteiger partial charge in [0.15, 0.2) is 5.78 Å². The van der Waals surface area contributed by atoms with Gasteiger partial charge in [-0.25, -0.2) is 9.78 Å². The van der Waals surface area contributed by atoms with Crippen molar-refractivity contribution in [3.05, 3.63) is 22.8 Å². The summed E-state index contributed by atoms with van der Waals surface area (Å²) in [5.74, 6) is 1.54. The van der Waals surface area contributed by atoms with Gasteiger partial charge in [0.2, 0.25) is 0 Å². The van der Waals surface area contributed by atoms with E-state index in [1.54, 1.807) is 0 Å². The third kappa shape index (κ3) is 2.15. The number of Topliss-reactive ketones (excluding diaryl/α,β-unsaturated/α-hetero) is 2. The molecule has 0 N–H and O–H groups in total. The summed E-state index contributed by atoms with van der Waals surface area (Å²) >= 11 is 0. The van der Waals surface area contributed by atoms with Crippen LogP contribution in [0.3, 0.4) is 0 Å². The Bertz CT molecular complexity index is 739. The van der Waals surface area contributed by atoms with E-state index in [0.29, 0.717) is 43.5 Å². The first-order chi connectivity index (χ1) is 12.5. The number of fused-ring (bicyclic) bond motifs is 4. The Labute approximate surface area is 154 Å². The lowest BCUT2D eigenvalue weighted by atomic mass is 9.56. The van der Waals surface area contributed by atoms with Crippen LogP contribution in [-0.2, 0) is 19.4 Å². The van der Waals surface area contributed by atoms with Gasteiger partial charge < -0.3 is 0 Å². The van der Waals surface area contributed by atoms with Gasteiger partial charge >= 0.3 is 0 Å². The van der Waals surface area contributed by atoms with Crippen molar-refractivity contribution >= 4 is 11.6 Å². The van der Waals surface area contributed by atoms with Crippen molar-refractivity contribution in [1.82, 2.24) is 0 Å². The molecule has 26 heavy (non-hydrogen) atoms. The van der Waals surface area contributed by atoms with Crippen molar-refractivity contribution in [3.8, 4) is 0 Å². The Morgan fingerprint density at radius 2 is 2.08 bits per heavy atom. The topological polar surface area (TPSA) is 52.6 Å². The number of carbonyl (C=O) groups excluding carboxylic acids is 2.